The summed E-state index contributed by atoms with van der Waals surface area (Å²) in [6, 6.07) is 6.00. The standard InChI is InChI=1S/C26H41ClN2O.CH4/c1-3-15-29(16-4-2)17-7-10-21-11-12-24(27)23(18-21)25(30)28-20-26-13-5-8-22(19-26)9-6-14-26;/h11-12,18,22H,3-10,13-17,19-20H2,1-2H3,(H,28,30);1H4. The van der Waals surface area contributed by atoms with Crippen molar-refractivity contribution in [2.24, 2.45) is 11.3 Å². The van der Waals surface area contributed by atoms with Gasteiger partial charge in [-0.25, -0.2) is 0 Å². The van der Waals surface area contributed by atoms with Crippen molar-refractivity contribution < 1.29 is 4.79 Å². The predicted octanol–water partition coefficient (Wildman–Crippen LogP) is 7.12. The summed E-state index contributed by atoms with van der Waals surface area (Å²) in [4.78, 5) is 15.5. The number of hydrogen-bond donors (Lipinski definition) is 1. The van der Waals surface area contributed by atoms with Gasteiger partial charge in [-0.3, -0.25) is 4.79 Å². The Bertz CT molecular complexity index is 674. The minimum Gasteiger partial charge on any atom is -0.351 e. The lowest BCUT2D eigenvalue weighted by Crippen LogP contribution is -2.43. The molecule has 1 aromatic carbocycles. The molecule has 0 atom stereocenters. The molecule has 2 aliphatic carbocycles. The Hall–Kier alpha value is -1.06. The molecule has 0 aromatic heterocycles. The zero-order chi connectivity index (χ0) is 21.4. The zero-order valence-corrected chi connectivity index (χ0v) is 19.9. The van der Waals surface area contributed by atoms with Gasteiger partial charge in [0.15, 0.2) is 0 Å². The maximum absolute atomic E-state index is 13.0. The van der Waals surface area contributed by atoms with Crippen LogP contribution in [-0.2, 0) is 6.42 Å². The highest BCUT2D eigenvalue weighted by Crippen LogP contribution is 2.48. The Morgan fingerprint density at radius 1 is 1.13 bits per heavy atom. The van der Waals surface area contributed by atoms with E-state index in [1.807, 2.05) is 12.1 Å². The molecule has 2 bridgehead atoms. The van der Waals surface area contributed by atoms with Crippen molar-refractivity contribution in [2.75, 3.05) is 26.2 Å². The van der Waals surface area contributed by atoms with Gasteiger partial charge in [0.2, 0.25) is 0 Å². The third kappa shape index (κ3) is 7.49. The molecule has 2 aliphatic rings. The fourth-order valence-corrected chi connectivity index (χ4v) is 6.01. The number of nitrogens with zero attached hydrogens (tertiary/aromatic N) is 1. The van der Waals surface area contributed by atoms with Crippen molar-refractivity contribution in [3.8, 4) is 0 Å². The van der Waals surface area contributed by atoms with E-state index in [2.05, 4.69) is 30.1 Å². The number of benzene rings is 1. The van der Waals surface area contributed by atoms with E-state index in [0.29, 0.717) is 16.0 Å². The van der Waals surface area contributed by atoms with Gasteiger partial charge in [0.1, 0.15) is 0 Å². The SMILES string of the molecule is C.CCCN(CCC)CCCc1ccc(Cl)c(C(=O)NCC23CCCC(CCC2)C3)c1. The van der Waals surface area contributed by atoms with Crippen molar-refractivity contribution in [1.29, 1.82) is 0 Å². The van der Waals surface area contributed by atoms with E-state index in [4.69, 9.17) is 11.6 Å². The summed E-state index contributed by atoms with van der Waals surface area (Å²) in [5, 5.41) is 3.83. The maximum atomic E-state index is 13.0. The molecule has 2 saturated carbocycles. The molecule has 3 nitrogen and oxygen atoms in total. The molecule has 0 aliphatic heterocycles. The summed E-state index contributed by atoms with van der Waals surface area (Å²) >= 11 is 6.41. The van der Waals surface area contributed by atoms with Gasteiger partial charge >= 0.3 is 0 Å². The predicted molar refractivity (Wildman–Crippen MR) is 134 cm³/mol. The second-order valence-electron chi connectivity index (χ2n) is 9.80. The van der Waals surface area contributed by atoms with Crippen molar-refractivity contribution in [3.05, 3.63) is 34.3 Å². The third-order valence-electron chi connectivity index (χ3n) is 7.28. The molecule has 176 valence electrons. The molecule has 31 heavy (non-hydrogen) atoms. The van der Waals surface area contributed by atoms with Crippen molar-refractivity contribution in [3.63, 3.8) is 0 Å². The lowest BCUT2D eigenvalue weighted by atomic mass is 9.62. The quantitative estimate of drug-likeness (QED) is 0.390. The van der Waals surface area contributed by atoms with Crippen LogP contribution in [0.25, 0.3) is 0 Å². The number of carbonyl (C=O) groups is 1. The Kier molecular flexibility index (Phi) is 10.9. The van der Waals surface area contributed by atoms with Gasteiger partial charge in [-0.2, -0.15) is 0 Å². The maximum Gasteiger partial charge on any atom is 0.252 e. The van der Waals surface area contributed by atoms with E-state index in [0.717, 1.165) is 31.8 Å². The summed E-state index contributed by atoms with van der Waals surface area (Å²) in [6.07, 6.45) is 13.8. The first-order chi connectivity index (χ1) is 14.5. The van der Waals surface area contributed by atoms with E-state index >= 15 is 0 Å². The van der Waals surface area contributed by atoms with Crippen LogP contribution in [0.1, 0.15) is 101 Å². The fraction of sp³-hybridized carbons (Fsp3) is 0.741. The molecule has 1 amide bonds. The van der Waals surface area contributed by atoms with Crippen LogP contribution >= 0.6 is 11.6 Å². The minimum atomic E-state index is 0. The highest BCUT2D eigenvalue weighted by atomic mass is 35.5. The average Bonchev–Trinajstić information content (AvgIpc) is 2.74. The fourth-order valence-electron chi connectivity index (χ4n) is 5.81. The Balaban J connectivity index is 0.00000341. The zero-order valence-electron chi connectivity index (χ0n) is 19.1. The van der Waals surface area contributed by atoms with Gasteiger partial charge in [0.25, 0.3) is 5.91 Å². The van der Waals surface area contributed by atoms with Crippen molar-refractivity contribution in [2.45, 2.75) is 91.9 Å². The number of hydrogen-bond acceptors (Lipinski definition) is 2. The third-order valence-corrected chi connectivity index (χ3v) is 7.61. The largest absolute Gasteiger partial charge is 0.351 e. The minimum absolute atomic E-state index is 0. The number of rotatable bonds is 11. The van der Waals surface area contributed by atoms with Gasteiger partial charge < -0.3 is 10.2 Å². The molecule has 3 rings (SSSR count). The van der Waals surface area contributed by atoms with Crippen LogP contribution in [0.5, 0.6) is 0 Å². The molecule has 0 heterocycles. The summed E-state index contributed by atoms with van der Waals surface area (Å²) in [6.45, 7) is 8.76. The number of nitrogens with one attached hydrogen (secondary N) is 1. The van der Waals surface area contributed by atoms with E-state index in [1.54, 1.807) is 0 Å². The summed E-state index contributed by atoms with van der Waals surface area (Å²) in [5.74, 6) is 0.888. The number of aryl methyl sites for hydroxylation is 1. The molecule has 0 spiro atoms. The Morgan fingerprint density at radius 2 is 1.81 bits per heavy atom. The van der Waals surface area contributed by atoms with Crippen LogP contribution in [0.15, 0.2) is 18.2 Å². The number of halogens is 1. The van der Waals surface area contributed by atoms with Crippen LogP contribution in [0.3, 0.4) is 0 Å². The molecule has 4 heteroatoms. The van der Waals surface area contributed by atoms with Crippen LogP contribution < -0.4 is 5.32 Å². The first kappa shape index (κ1) is 26.2. The van der Waals surface area contributed by atoms with Crippen LogP contribution in [0.4, 0.5) is 0 Å². The number of fused-ring (bicyclic) bond motifs is 2. The monoisotopic (exact) mass is 448 g/mol. The average molecular weight is 449 g/mol. The molecule has 0 unspecified atom stereocenters. The van der Waals surface area contributed by atoms with Crippen LogP contribution in [0, 0.1) is 11.3 Å². The topological polar surface area (TPSA) is 32.3 Å². The summed E-state index contributed by atoms with van der Waals surface area (Å²) in [7, 11) is 0. The molecule has 1 aromatic rings. The highest BCUT2D eigenvalue weighted by molar-refractivity contribution is 6.33. The Labute approximate surface area is 196 Å². The first-order valence-electron chi connectivity index (χ1n) is 12.3. The molecular weight excluding hydrogens is 404 g/mol. The summed E-state index contributed by atoms with van der Waals surface area (Å²) in [5.41, 5.74) is 2.20. The second-order valence-corrected chi connectivity index (χ2v) is 10.2. The van der Waals surface area contributed by atoms with E-state index in [-0.39, 0.29) is 13.3 Å². The lowest BCUT2D eigenvalue weighted by molar-refractivity contribution is 0.0681. The first-order valence-corrected chi connectivity index (χ1v) is 12.7. The number of carbonyl (C=O) groups excluding carboxylic acids is 1. The smallest absolute Gasteiger partial charge is 0.252 e. The molecule has 1 N–H and O–H groups in total. The molecule has 0 radical (unpaired) electrons. The molecular formula is C27H45ClN2O. The van der Waals surface area contributed by atoms with Gasteiger partial charge in [0.05, 0.1) is 10.6 Å². The van der Waals surface area contributed by atoms with E-state index in [1.165, 1.54) is 76.4 Å². The van der Waals surface area contributed by atoms with Gasteiger partial charge in [-0.15, -0.1) is 0 Å². The Morgan fingerprint density at radius 3 is 2.45 bits per heavy atom. The van der Waals surface area contributed by atoms with Crippen LogP contribution in [0.2, 0.25) is 5.02 Å². The van der Waals surface area contributed by atoms with E-state index < -0.39 is 0 Å². The lowest BCUT2D eigenvalue weighted by Gasteiger charge is -2.45. The highest BCUT2D eigenvalue weighted by Gasteiger charge is 2.39. The van der Waals surface area contributed by atoms with Crippen LogP contribution in [-0.4, -0.2) is 37.0 Å². The molecule has 0 saturated heterocycles. The van der Waals surface area contributed by atoms with Gasteiger partial charge in [-0.05, 0) is 93.6 Å². The van der Waals surface area contributed by atoms with Crippen molar-refractivity contribution >= 4 is 17.5 Å². The molecule has 2 fully saturated rings. The summed E-state index contributed by atoms with van der Waals surface area (Å²) < 4.78 is 0. The second kappa shape index (κ2) is 12.8. The normalized spacial score (nSPS) is 22.8. The van der Waals surface area contributed by atoms with Gasteiger partial charge in [0, 0.05) is 6.54 Å². The number of amides is 1. The van der Waals surface area contributed by atoms with E-state index in [9.17, 15) is 4.79 Å². The van der Waals surface area contributed by atoms with Crippen molar-refractivity contribution in [1.82, 2.24) is 10.2 Å². The van der Waals surface area contributed by atoms with Gasteiger partial charge in [-0.1, -0.05) is 64.6 Å².